The lowest BCUT2D eigenvalue weighted by molar-refractivity contribution is -0.137. The molecule has 1 fully saturated rings. The Labute approximate surface area is 141 Å². The summed E-state index contributed by atoms with van der Waals surface area (Å²) in [6.07, 6.45) is -1.94. The molecule has 3 N–H and O–H groups in total. The Morgan fingerprint density at radius 2 is 1.96 bits per heavy atom. The van der Waals surface area contributed by atoms with Crippen molar-refractivity contribution in [2.75, 3.05) is 11.9 Å². The maximum absolute atomic E-state index is 12.7. The average molecular weight is 354 g/mol. The number of aromatic nitrogens is 3. The fraction of sp³-hybridized carbons (Fsp3) is 0.438. The van der Waals surface area contributed by atoms with Crippen LogP contribution in [-0.2, 0) is 6.18 Å². The first-order valence-electron chi connectivity index (χ1n) is 7.75. The zero-order valence-corrected chi connectivity index (χ0v) is 13.4. The molecule has 25 heavy (non-hydrogen) atoms. The molecular weight excluding hydrogens is 337 g/mol. The molecule has 0 aliphatic heterocycles. The minimum Gasteiger partial charge on any atom is -0.507 e. The molecule has 0 unspecified atom stereocenters. The Morgan fingerprint density at radius 1 is 1.24 bits per heavy atom. The monoisotopic (exact) mass is 354 g/mol. The highest BCUT2D eigenvalue weighted by atomic mass is 19.4. The standard InChI is InChI=1S/C16H17F3N4O2/c1-9-13(11-4-3-10(7-12(11)25)16(17,18)19)22-23-14(20-9)21-15(8-24)5-2-6-15/h3-4,7,24-25H,2,5-6,8H2,1H3,(H,20,21,23). The number of aryl methyl sites for hydroxylation is 1. The van der Waals surface area contributed by atoms with E-state index in [1.165, 1.54) is 0 Å². The van der Waals surface area contributed by atoms with E-state index in [1.54, 1.807) is 6.92 Å². The number of benzene rings is 1. The first kappa shape index (κ1) is 17.4. The number of rotatable bonds is 4. The van der Waals surface area contributed by atoms with Crippen molar-refractivity contribution in [2.24, 2.45) is 0 Å². The second kappa shape index (κ2) is 6.14. The van der Waals surface area contributed by atoms with E-state index < -0.39 is 23.0 Å². The highest BCUT2D eigenvalue weighted by molar-refractivity contribution is 5.69. The number of aromatic hydroxyl groups is 1. The number of nitrogens with zero attached hydrogens (tertiary/aromatic N) is 3. The summed E-state index contributed by atoms with van der Waals surface area (Å²) in [6.45, 7) is 1.58. The molecule has 1 aliphatic carbocycles. The maximum Gasteiger partial charge on any atom is 0.416 e. The molecule has 0 spiro atoms. The van der Waals surface area contributed by atoms with Crippen molar-refractivity contribution >= 4 is 5.95 Å². The van der Waals surface area contributed by atoms with Gasteiger partial charge in [-0.2, -0.15) is 13.2 Å². The Bertz CT molecular complexity index is 786. The molecule has 2 aromatic rings. The number of nitrogens with one attached hydrogen (secondary N) is 1. The van der Waals surface area contributed by atoms with Gasteiger partial charge < -0.3 is 15.5 Å². The number of hydrogen-bond donors (Lipinski definition) is 3. The van der Waals surface area contributed by atoms with Crippen LogP contribution >= 0.6 is 0 Å². The molecule has 0 amide bonds. The van der Waals surface area contributed by atoms with Crippen LogP contribution in [0.1, 0.15) is 30.5 Å². The summed E-state index contributed by atoms with van der Waals surface area (Å²) in [5.41, 5.74) is -0.659. The van der Waals surface area contributed by atoms with Crippen LogP contribution in [0.25, 0.3) is 11.3 Å². The van der Waals surface area contributed by atoms with Crippen LogP contribution in [0.15, 0.2) is 18.2 Å². The van der Waals surface area contributed by atoms with Gasteiger partial charge in [0, 0.05) is 5.56 Å². The number of hydrogen-bond acceptors (Lipinski definition) is 6. The Balaban J connectivity index is 1.88. The van der Waals surface area contributed by atoms with Gasteiger partial charge in [0.2, 0.25) is 5.95 Å². The summed E-state index contributed by atoms with van der Waals surface area (Å²) < 4.78 is 38.1. The maximum atomic E-state index is 12.7. The number of phenols is 1. The fourth-order valence-corrected chi connectivity index (χ4v) is 2.78. The zero-order chi connectivity index (χ0) is 18.2. The molecule has 1 heterocycles. The number of phenolic OH excluding ortho intramolecular Hbond substituents is 1. The topological polar surface area (TPSA) is 91.2 Å². The summed E-state index contributed by atoms with van der Waals surface area (Å²) in [7, 11) is 0. The Morgan fingerprint density at radius 3 is 2.44 bits per heavy atom. The van der Waals surface area contributed by atoms with Crippen LogP contribution in [0, 0.1) is 6.92 Å². The van der Waals surface area contributed by atoms with Crippen LogP contribution < -0.4 is 5.32 Å². The van der Waals surface area contributed by atoms with Crippen molar-refractivity contribution in [3.63, 3.8) is 0 Å². The molecule has 1 aliphatic rings. The van der Waals surface area contributed by atoms with E-state index in [0.717, 1.165) is 31.4 Å². The molecule has 3 rings (SSSR count). The van der Waals surface area contributed by atoms with Crippen LogP contribution in [0.5, 0.6) is 5.75 Å². The summed E-state index contributed by atoms with van der Waals surface area (Å²) in [4.78, 5) is 4.25. The molecular formula is C16H17F3N4O2. The molecule has 0 radical (unpaired) electrons. The van der Waals surface area contributed by atoms with Crippen LogP contribution in [0.4, 0.5) is 19.1 Å². The molecule has 6 nitrogen and oxygen atoms in total. The highest BCUT2D eigenvalue weighted by Crippen LogP contribution is 2.37. The number of halogens is 3. The number of aliphatic hydroxyl groups is 1. The molecule has 1 aromatic heterocycles. The van der Waals surface area contributed by atoms with Crippen molar-refractivity contribution < 1.29 is 23.4 Å². The van der Waals surface area contributed by atoms with Gasteiger partial charge in [-0.1, -0.05) is 0 Å². The average Bonchev–Trinajstić information content (AvgIpc) is 2.51. The van der Waals surface area contributed by atoms with E-state index in [4.69, 9.17) is 0 Å². The number of anilines is 1. The lowest BCUT2D eigenvalue weighted by Gasteiger charge is -2.40. The molecule has 9 heteroatoms. The lowest BCUT2D eigenvalue weighted by Crippen LogP contribution is -2.48. The third kappa shape index (κ3) is 3.37. The van der Waals surface area contributed by atoms with Crippen molar-refractivity contribution in [2.45, 2.75) is 37.9 Å². The first-order valence-corrected chi connectivity index (χ1v) is 7.75. The van der Waals surface area contributed by atoms with Crippen molar-refractivity contribution in [1.29, 1.82) is 0 Å². The van der Waals surface area contributed by atoms with Gasteiger partial charge in [-0.3, -0.25) is 0 Å². The molecule has 1 saturated carbocycles. The van der Waals surface area contributed by atoms with E-state index in [0.29, 0.717) is 11.8 Å². The first-order chi connectivity index (χ1) is 11.7. The quantitative estimate of drug-likeness (QED) is 0.782. The third-order valence-corrected chi connectivity index (χ3v) is 4.43. The smallest absolute Gasteiger partial charge is 0.416 e. The van der Waals surface area contributed by atoms with Crippen molar-refractivity contribution in [3.05, 3.63) is 29.5 Å². The van der Waals surface area contributed by atoms with Gasteiger partial charge in [-0.15, -0.1) is 10.2 Å². The Kier molecular flexibility index (Phi) is 4.28. The molecule has 0 atom stereocenters. The molecule has 1 aromatic carbocycles. The lowest BCUT2D eigenvalue weighted by atomic mass is 9.77. The number of alkyl halides is 3. The van der Waals surface area contributed by atoms with Gasteiger partial charge in [0.15, 0.2) is 0 Å². The summed E-state index contributed by atoms with van der Waals surface area (Å²) in [6, 6.07) is 2.67. The van der Waals surface area contributed by atoms with Gasteiger partial charge in [0.25, 0.3) is 0 Å². The van der Waals surface area contributed by atoms with Gasteiger partial charge in [0.1, 0.15) is 11.4 Å². The van der Waals surface area contributed by atoms with E-state index in [9.17, 15) is 23.4 Å². The van der Waals surface area contributed by atoms with E-state index >= 15 is 0 Å². The SMILES string of the molecule is Cc1nc(NC2(CO)CCC2)nnc1-c1ccc(C(F)(F)F)cc1O. The fourth-order valence-electron chi connectivity index (χ4n) is 2.78. The van der Waals surface area contributed by atoms with Crippen LogP contribution in [0.3, 0.4) is 0 Å². The highest BCUT2D eigenvalue weighted by Gasteiger charge is 2.37. The van der Waals surface area contributed by atoms with Gasteiger partial charge in [0.05, 0.1) is 23.4 Å². The minimum absolute atomic E-state index is 0.0448. The normalized spacial score (nSPS) is 16.4. The second-order valence-electron chi connectivity index (χ2n) is 6.22. The summed E-state index contributed by atoms with van der Waals surface area (Å²) >= 11 is 0. The summed E-state index contributed by atoms with van der Waals surface area (Å²) in [5.74, 6) is -0.304. The predicted octanol–water partition coefficient (Wildman–Crippen LogP) is 2.90. The molecule has 0 bridgehead atoms. The van der Waals surface area contributed by atoms with Gasteiger partial charge >= 0.3 is 6.18 Å². The predicted molar refractivity (Wildman–Crippen MR) is 84.0 cm³/mol. The largest absolute Gasteiger partial charge is 0.507 e. The van der Waals surface area contributed by atoms with E-state index in [2.05, 4.69) is 20.5 Å². The van der Waals surface area contributed by atoms with Crippen molar-refractivity contribution in [3.8, 4) is 17.0 Å². The Hall–Kier alpha value is -2.42. The van der Waals surface area contributed by atoms with Crippen LogP contribution in [-0.4, -0.2) is 37.5 Å². The molecule has 0 saturated heterocycles. The minimum atomic E-state index is -4.54. The van der Waals surface area contributed by atoms with Crippen molar-refractivity contribution in [1.82, 2.24) is 15.2 Å². The van der Waals surface area contributed by atoms with E-state index in [1.807, 2.05) is 0 Å². The second-order valence-corrected chi connectivity index (χ2v) is 6.22. The summed E-state index contributed by atoms with van der Waals surface area (Å²) in [5, 5.41) is 30.4. The van der Waals surface area contributed by atoms with E-state index in [-0.39, 0.29) is 23.8 Å². The van der Waals surface area contributed by atoms with Crippen LogP contribution in [0.2, 0.25) is 0 Å². The van der Waals surface area contributed by atoms with Gasteiger partial charge in [-0.25, -0.2) is 4.98 Å². The zero-order valence-electron chi connectivity index (χ0n) is 13.4. The third-order valence-electron chi connectivity index (χ3n) is 4.43. The molecule has 134 valence electrons. The van der Waals surface area contributed by atoms with Gasteiger partial charge in [-0.05, 0) is 44.4 Å². The number of aliphatic hydroxyl groups excluding tert-OH is 1.